The molecule has 3 aromatic rings. The molecule has 1 N–H and O–H groups in total. The van der Waals surface area contributed by atoms with Gasteiger partial charge in [-0.05, 0) is 36.2 Å². The van der Waals surface area contributed by atoms with Gasteiger partial charge >= 0.3 is 0 Å². The summed E-state index contributed by atoms with van der Waals surface area (Å²) < 4.78 is 5.38. The van der Waals surface area contributed by atoms with Crippen LogP contribution >= 0.6 is 0 Å². The molecule has 0 bridgehead atoms. The van der Waals surface area contributed by atoms with Gasteiger partial charge in [0.25, 0.3) is 5.91 Å². The lowest BCUT2D eigenvalue weighted by atomic mass is 9.98. The smallest absolute Gasteiger partial charge is 0.277 e. The molecule has 2 aromatic heterocycles. The Labute approximate surface area is 161 Å². The number of aliphatic imine (C=N–C) groups is 2. The highest BCUT2D eigenvalue weighted by Gasteiger charge is 2.20. The molecular formula is C21H17N5O2. The second-order valence-corrected chi connectivity index (χ2v) is 6.89. The molecule has 0 spiro atoms. The molecule has 28 heavy (non-hydrogen) atoms. The number of nitrogens with zero attached hydrogens (tertiary/aromatic N) is 4. The largest absolute Gasteiger partial charge is 0.445 e. The number of anilines is 1. The number of rotatable bonds is 3. The van der Waals surface area contributed by atoms with Crippen molar-refractivity contribution < 1.29 is 9.21 Å². The summed E-state index contributed by atoms with van der Waals surface area (Å²) in [5.41, 5.74) is 6.96. The van der Waals surface area contributed by atoms with Crippen molar-refractivity contribution in [1.29, 1.82) is 0 Å². The molecule has 0 fully saturated rings. The molecule has 4 heterocycles. The Morgan fingerprint density at radius 3 is 2.75 bits per heavy atom. The number of aryl methyl sites for hydroxylation is 2. The van der Waals surface area contributed by atoms with E-state index in [2.05, 4.69) is 37.4 Å². The molecule has 138 valence electrons. The molecule has 0 saturated heterocycles. The highest BCUT2D eigenvalue weighted by atomic mass is 16.4. The maximum atomic E-state index is 12.7. The van der Waals surface area contributed by atoms with E-state index in [1.807, 2.05) is 18.5 Å². The number of carbonyl (C=O) groups excluding carboxylic acids is 1. The van der Waals surface area contributed by atoms with E-state index in [9.17, 15) is 4.79 Å². The minimum atomic E-state index is -0.298. The molecule has 7 heteroatoms. The first-order valence-corrected chi connectivity index (χ1v) is 9.00. The third kappa shape index (κ3) is 2.72. The first-order chi connectivity index (χ1) is 13.6. The van der Waals surface area contributed by atoms with E-state index < -0.39 is 0 Å². The van der Waals surface area contributed by atoms with Gasteiger partial charge in [-0.1, -0.05) is 0 Å². The average molecular weight is 371 g/mol. The topological polar surface area (TPSA) is 92.7 Å². The predicted octanol–water partition coefficient (Wildman–Crippen LogP) is 3.47. The van der Waals surface area contributed by atoms with Gasteiger partial charge in [-0.2, -0.15) is 0 Å². The van der Waals surface area contributed by atoms with Gasteiger partial charge in [-0.25, -0.2) is 4.98 Å². The predicted molar refractivity (Wildman–Crippen MR) is 106 cm³/mol. The Morgan fingerprint density at radius 2 is 1.93 bits per heavy atom. The second-order valence-electron chi connectivity index (χ2n) is 6.89. The van der Waals surface area contributed by atoms with E-state index in [1.54, 1.807) is 20.1 Å². The van der Waals surface area contributed by atoms with Crippen LogP contribution in [-0.2, 0) is 13.1 Å². The second kappa shape index (κ2) is 6.23. The lowest BCUT2D eigenvalue weighted by Gasteiger charge is -2.12. The van der Waals surface area contributed by atoms with Crippen molar-refractivity contribution in [2.45, 2.75) is 26.9 Å². The van der Waals surface area contributed by atoms with Gasteiger partial charge < -0.3 is 9.73 Å². The molecule has 0 radical (unpaired) electrons. The zero-order valence-corrected chi connectivity index (χ0v) is 15.5. The summed E-state index contributed by atoms with van der Waals surface area (Å²) in [5.74, 6) is 0.667. The zero-order valence-electron chi connectivity index (χ0n) is 15.5. The number of hydrogen-bond donors (Lipinski definition) is 1. The standard InChI is InChI=1S/C21H17N5O2/c1-11-20(25-12(2)28-11)21(27)26-18-5-13(3-15-6-22-9-17(15)18)14-4-16-7-23-10-19(16)24-8-14/h3-5,7-9H,6,10H2,1-2H3,(H,26,27). The van der Waals surface area contributed by atoms with Crippen LogP contribution in [0, 0.1) is 13.8 Å². The van der Waals surface area contributed by atoms with Crippen LogP contribution in [0.4, 0.5) is 5.69 Å². The van der Waals surface area contributed by atoms with Crippen molar-refractivity contribution in [3.63, 3.8) is 0 Å². The van der Waals surface area contributed by atoms with Crippen LogP contribution in [0.3, 0.4) is 0 Å². The number of amides is 1. The normalized spacial score (nSPS) is 13.6. The van der Waals surface area contributed by atoms with Gasteiger partial charge in [0.2, 0.25) is 0 Å². The first kappa shape index (κ1) is 16.6. The molecule has 1 amide bonds. The number of pyridine rings is 1. The Hall–Kier alpha value is -3.61. The van der Waals surface area contributed by atoms with Crippen molar-refractivity contribution in [3.8, 4) is 11.1 Å². The summed E-state index contributed by atoms with van der Waals surface area (Å²) in [7, 11) is 0. The van der Waals surface area contributed by atoms with Crippen molar-refractivity contribution in [3.05, 3.63) is 64.1 Å². The molecule has 0 saturated carbocycles. The van der Waals surface area contributed by atoms with Crippen LogP contribution in [0.15, 0.2) is 38.8 Å². The summed E-state index contributed by atoms with van der Waals surface area (Å²) in [6, 6.07) is 6.12. The van der Waals surface area contributed by atoms with Gasteiger partial charge in [0, 0.05) is 42.2 Å². The highest BCUT2D eigenvalue weighted by Crippen LogP contribution is 2.32. The van der Waals surface area contributed by atoms with Crippen molar-refractivity contribution in [2.75, 3.05) is 5.32 Å². The van der Waals surface area contributed by atoms with Crippen LogP contribution in [0.1, 0.15) is 44.5 Å². The van der Waals surface area contributed by atoms with Gasteiger partial charge in [0.05, 0.1) is 24.5 Å². The van der Waals surface area contributed by atoms with Crippen LogP contribution in [0.5, 0.6) is 0 Å². The third-order valence-corrected chi connectivity index (χ3v) is 4.92. The van der Waals surface area contributed by atoms with Crippen LogP contribution in [0.25, 0.3) is 11.1 Å². The minimum Gasteiger partial charge on any atom is -0.445 e. The fraction of sp³-hybridized carbons (Fsp3) is 0.190. The van der Waals surface area contributed by atoms with Gasteiger partial charge in [0.1, 0.15) is 5.76 Å². The summed E-state index contributed by atoms with van der Waals surface area (Å²) >= 11 is 0. The number of benzene rings is 1. The maximum Gasteiger partial charge on any atom is 0.277 e. The zero-order chi connectivity index (χ0) is 19.3. The lowest BCUT2D eigenvalue weighted by Crippen LogP contribution is -2.15. The van der Waals surface area contributed by atoms with Crippen LogP contribution in [0.2, 0.25) is 0 Å². The van der Waals surface area contributed by atoms with E-state index in [0.29, 0.717) is 36.1 Å². The summed E-state index contributed by atoms with van der Waals surface area (Å²) in [5, 5.41) is 2.98. The van der Waals surface area contributed by atoms with E-state index in [4.69, 9.17) is 4.42 Å². The molecule has 0 aliphatic carbocycles. The molecule has 2 aliphatic heterocycles. The van der Waals surface area contributed by atoms with E-state index >= 15 is 0 Å². The van der Waals surface area contributed by atoms with Crippen LogP contribution < -0.4 is 5.32 Å². The fourth-order valence-electron chi connectivity index (χ4n) is 3.57. The van der Waals surface area contributed by atoms with E-state index in [0.717, 1.165) is 33.5 Å². The molecule has 5 rings (SSSR count). The summed E-state index contributed by atoms with van der Waals surface area (Å²) in [6.07, 6.45) is 5.49. The van der Waals surface area contributed by atoms with E-state index in [1.165, 1.54) is 0 Å². The number of aromatic nitrogens is 2. The van der Waals surface area contributed by atoms with Crippen molar-refractivity contribution in [1.82, 2.24) is 9.97 Å². The van der Waals surface area contributed by atoms with Gasteiger partial charge in [-0.3, -0.25) is 19.8 Å². The number of fused-ring (bicyclic) bond motifs is 2. The highest BCUT2D eigenvalue weighted by molar-refractivity contribution is 6.07. The average Bonchev–Trinajstić information content (AvgIpc) is 3.40. The molecule has 1 aromatic carbocycles. The fourth-order valence-corrected chi connectivity index (χ4v) is 3.57. The quantitative estimate of drug-likeness (QED) is 0.763. The number of nitrogens with one attached hydrogen (secondary N) is 1. The molecule has 0 atom stereocenters. The molecule has 7 nitrogen and oxygen atoms in total. The maximum absolute atomic E-state index is 12.7. The minimum absolute atomic E-state index is 0.294. The van der Waals surface area contributed by atoms with E-state index in [-0.39, 0.29) is 5.91 Å². The Morgan fingerprint density at radius 1 is 1.07 bits per heavy atom. The SMILES string of the molecule is Cc1nc(C(=O)Nc2cc(-c3cnc4c(c3)C=NC4)cc3c2C=NC3)c(C)o1. The molecule has 2 aliphatic rings. The number of carbonyl (C=O) groups is 1. The monoisotopic (exact) mass is 371 g/mol. The third-order valence-electron chi connectivity index (χ3n) is 4.92. The van der Waals surface area contributed by atoms with Crippen molar-refractivity contribution in [2.24, 2.45) is 9.98 Å². The van der Waals surface area contributed by atoms with Gasteiger partial charge in [0.15, 0.2) is 11.6 Å². The Kier molecular flexibility index (Phi) is 3.68. The Bertz CT molecular complexity index is 1190. The summed E-state index contributed by atoms with van der Waals surface area (Å²) in [4.78, 5) is 30.1. The van der Waals surface area contributed by atoms with Gasteiger partial charge in [-0.15, -0.1) is 0 Å². The van der Waals surface area contributed by atoms with Crippen LogP contribution in [-0.4, -0.2) is 28.3 Å². The van der Waals surface area contributed by atoms with Crippen molar-refractivity contribution >= 4 is 24.0 Å². The Balaban J connectivity index is 1.54. The number of hydrogen-bond acceptors (Lipinski definition) is 6. The molecule has 0 unspecified atom stereocenters. The number of oxazole rings is 1. The molecular weight excluding hydrogens is 354 g/mol. The summed E-state index contributed by atoms with van der Waals surface area (Å²) in [6.45, 7) is 4.67. The lowest BCUT2D eigenvalue weighted by molar-refractivity contribution is 0.102. The first-order valence-electron chi connectivity index (χ1n) is 9.00.